The predicted octanol–water partition coefficient (Wildman–Crippen LogP) is 8.14. The van der Waals surface area contributed by atoms with Gasteiger partial charge in [-0.05, 0) is 41.5 Å². The van der Waals surface area contributed by atoms with Crippen molar-refractivity contribution in [2.45, 2.75) is 0 Å². The van der Waals surface area contributed by atoms with Gasteiger partial charge in [-0.2, -0.15) is 0 Å². The van der Waals surface area contributed by atoms with Crippen LogP contribution in [0.3, 0.4) is 0 Å². The van der Waals surface area contributed by atoms with Gasteiger partial charge >= 0.3 is 0 Å². The molecule has 2 nitrogen and oxygen atoms in total. The van der Waals surface area contributed by atoms with Crippen LogP contribution in [-0.2, 0) is 0 Å². The third-order valence-electron chi connectivity index (χ3n) is 7.05. The molecular weight excluding hydrogens is 388 g/mol. The molecule has 0 saturated heterocycles. The first kappa shape index (κ1) is 16.4. The first-order valence-corrected chi connectivity index (χ1v) is 11.1. The number of aromatic amines is 1. The molecule has 0 aliphatic heterocycles. The summed E-state index contributed by atoms with van der Waals surface area (Å²) >= 11 is 0. The largest absolute Gasteiger partial charge is 0.354 e. The molecule has 1 N–H and O–H groups in total. The van der Waals surface area contributed by atoms with Gasteiger partial charge in [-0.15, -0.1) is 0 Å². The van der Waals surface area contributed by atoms with Crippen molar-refractivity contribution in [3.8, 4) is 11.1 Å². The number of hydrogen-bond acceptors (Lipinski definition) is 0. The fourth-order valence-corrected chi connectivity index (χ4v) is 5.68. The van der Waals surface area contributed by atoms with Crippen molar-refractivity contribution in [1.82, 2.24) is 9.38 Å². The van der Waals surface area contributed by atoms with Gasteiger partial charge in [0.1, 0.15) is 0 Å². The second kappa shape index (κ2) is 5.68. The van der Waals surface area contributed by atoms with E-state index in [0.29, 0.717) is 0 Å². The lowest BCUT2D eigenvalue weighted by molar-refractivity contribution is 1.37. The van der Waals surface area contributed by atoms with Crippen LogP contribution in [0.2, 0.25) is 0 Å². The van der Waals surface area contributed by atoms with Gasteiger partial charge in [-0.25, -0.2) is 0 Å². The average molecular weight is 406 g/mol. The molecule has 0 unspecified atom stereocenters. The summed E-state index contributed by atoms with van der Waals surface area (Å²) in [6.07, 6.45) is 0. The standard InChI is InChI=1S/C30H18N2/c1-2-8-18(9-3-1)19-14-15-25-22(16-19)23-17-24-20-10-4-6-12-26(20)32-27-13-7-5-11-21(27)28(30(24)32)29(23)31-25/h1-17,31H. The Kier molecular flexibility index (Phi) is 2.91. The number of aromatic nitrogens is 2. The van der Waals surface area contributed by atoms with Crippen LogP contribution in [0.4, 0.5) is 0 Å². The van der Waals surface area contributed by atoms with E-state index >= 15 is 0 Å². The van der Waals surface area contributed by atoms with Gasteiger partial charge in [-0.1, -0.05) is 72.8 Å². The molecule has 32 heavy (non-hydrogen) atoms. The Labute approximate surface area is 183 Å². The number of rotatable bonds is 1. The average Bonchev–Trinajstić information content (AvgIpc) is 3.50. The molecule has 3 aromatic heterocycles. The van der Waals surface area contributed by atoms with Crippen molar-refractivity contribution in [1.29, 1.82) is 0 Å². The molecule has 8 rings (SSSR count). The summed E-state index contributed by atoms with van der Waals surface area (Å²) in [5.74, 6) is 0. The first-order valence-electron chi connectivity index (χ1n) is 11.1. The Hall–Kier alpha value is -4.30. The molecule has 148 valence electrons. The summed E-state index contributed by atoms with van der Waals surface area (Å²) in [7, 11) is 0. The summed E-state index contributed by atoms with van der Waals surface area (Å²) in [6, 6.07) is 37.4. The van der Waals surface area contributed by atoms with E-state index in [1.54, 1.807) is 0 Å². The topological polar surface area (TPSA) is 20.2 Å². The predicted molar refractivity (Wildman–Crippen MR) is 136 cm³/mol. The molecule has 0 radical (unpaired) electrons. The summed E-state index contributed by atoms with van der Waals surface area (Å²) in [6.45, 7) is 0. The number of para-hydroxylation sites is 2. The Morgan fingerprint density at radius 1 is 0.500 bits per heavy atom. The molecule has 0 amide bonds. The highest BCUT2D eigenvalue weighted by molar-refractivity contribution is 6.33. The van der Waals surface area contributed by atoms with Gasteiger partial charge in [0.2, 0.25) is 0 Å². The highest BCUT2D eigenvalue weighted by atomic mass is 14.9. The van der Waals surface area contributed by atoms with Crippen LogP contribution in [0.15, 0.2) is 103 Å². The SMILES string of the molecule is c1ccc(-c2ccc3[nH]c4c(cc5c6ccccc6n6c7ccccc7c4c56)c3c2)cc1. The lowest BCUT2D eigenvalue weighted by Gasteiger charge is -2.02. The fraction of sp³-hybridized carbons (Fsp3) is 0. The second-order valence-corrected chi connectivity index (χ2v) is 8.69. The van der Waals surface area contributed by atoms with E-state index in [4.69, 9.17) is 0 Å². The lowest BCUT2D eigenvalue weighted by Crippen LogP contribution is -1.78. The molecule has 0 spiro atoms. The molecule has 0 aliphatic rings. The summed E-state index contributed by atoms with van der Waals surface area (Å²) < 4.78 is 2.44. The van der Waals surface area contributed by atoms with Crippen molar-refractivity contribution in [3.05, 3.63) is 103 Å². The van der Waals surface area contributed by atoms with E-state index in [1.807, 2.05) is 0 Å². The van der Waals surface area contributed by atoms with E-state index in [2.05, 4.69) is 113 Å². The van der Waals surface area contributed by atoms with Crippen LogP contribution >= 0.6 is 0 Å². The monoisotopic (exact) mass is 406 g/mol. The van der Waals surface area contributed by atoms with Crippen molar-refractivity contribution in [2.24, 2.45) is 0 Å². The van der Waals surface area contributed by atoms with Crippen molar-refractivity contribution < 1.29 is 0 Å². The second-order valence-electron chi connectivity index (χ2n) is 8.69. The zero-order valence-electron chi connectivity index (χ0n) is 17.3. The van der Waals surface area contributed by atoms with Gasteiger partial charge < -0.3 is 9.38 Å². The Balaban J connectivity index is 1.63. The molecule has 0 aliphatic carbocycles. The molecular formula is C30H18N2. The minimum atomic E-state index is 1.18. The minimum absolute atomic E-state index is 1.18. The minimum Gasteiger partial charge on any atom is -0.354 e. The van der Waals surface area contributed by atoms with Crippen LogP contribution in [0.5, 0.6) is 0 Å². The molecule has 0 bridgehead atoms. The van der Waals surface area contributed by atoms with Gasteiger partial charge in [0, 0.05) is 37.8 Å². The number of H-pyrrole nitrogens is 1. The van der Waals surface area contributed by atoms with Gasteiger partial charge in [0.25, 0.3) is 0 Å². The third-order valence-corrected chi connectivity index (χ3v) is 7.05. The Bertz CT molecular complexity index is 1970. The van der Waals surface area contributed by atoms with Crippen LogP contribution in [-0.4, -0.2) is 9.38 Å². The molecule has 5 aromatic carbocycles. The van der Waals surface area contributed by atoms with Crippen LogP contribution in [0.1, 0.15) is 0 Å². The molecule has 3 heterocycles. The number of nitrogens with zero attached hydrogens (tertiary/aromatic N) is 1. The highest BCUT2D eigenvalue weighted by Gasteiger charge is 2.21. The maximum atomic E-state index is 3.77. The van der Waals surface area contributed by atoms with Crippen LogP contribution in [0, 0.1) is 0 Å². The van der Waals surface area contributed by atoms with Crippen LogP contribution in [0.25, 0.3) is 71.0 Å². The van der Waals surface area contributed by atoms with E-state index < -0.39 is 0 Å². The Morgan fingerprint density at radius 2 is 1.22 bits per heavy atom. The van der Waals surface area contributed by atoms with E-state index in [-0.39, 0.29) is 0 Å². The molecule has 2 heteroatoms. The molecule has 0 atom stereocenters. The molecule has 0 fully saturated rings. The first-order chi connectivity index (χ1) is 15.9. The van der Waals surface area contributed by atoms with Crippen molar-refractivity contribution in [2.75, 3.05) is 0 Å². The summed E-state index contributed by atoms with van der Waals surface area (Å²) in [4.78, 5) is 3.77. The maximum absolute atomic E-state index is 3.77. The highest BCUT2D eigenvalue weighted by Crippen LogP contribution is 2.44. The summed E-state index contributed by atoms with van der Waals surface area (Å²) in [5.41, 5.74) is 8.76. The smallest absolute Gasteiger partial charge is 0.0641 e. The molecule has 8 aromatic rings. The van der Waals surface area contributed by atoms with E-state index in [0.717, 1.165) is 0 Å². The van der Waals surface area contributed by atoms with Gasteiger partial charge in [0.05, 0.1) is 22.1 Å². The van der Waals surface area contributed by atoms with E-state index in [1.165, 1.54) is 71.0 Å². The van der Waals surface area contributed by atoms with E-state index in [9.17, 15) is 0 Å². The third kappa shape index (κ3) is 1.91. The van der Waals surface area contributed by atoms with Crippen molar-refractivity contribution >= 4 is 59.9 Å². The quantitative estimate of drug-likeness (QED) is 0.284. The maximum Gasteiger partial charge on any atom is 0.0641 e. The fourth-order valence-electron chi connectivity index (χ4n) is 5.68. The Morgan fingerprint density at radius 3 is 2.06 bits per heavy atom. The zero-order valence-corrected chi connectivity index (χ0v) is 17.3. The number of hydrogen-bond donors (Lipinski definition) is 1. The number of nitrogens with one attached hydrogen (secondary N) is 1. The van der Waals surface area contributed by atoms with Crippen LogP contribution < -0.4 is 0 Å². The number of fused-ring (bicyclic) bond motifs is 10. The summed E-state index contributed by atoms with van der Waals surface area (Å²) in [5, 5.41) is 7.83. The normalized spacial score (nSPS) is 12.4. The number of benzene rings is 5. The molecule has 0 saturated carbocycles. The lowest BCUT2D eigenvalue weighted by atomic mass is 10.0. The van der Waals surface area contributed by atoms with Gasteiger partial charge in [0.15, 0.2) is 0 Å². The zero-order chi connectivity index (χ0) is 20.8. The van der Waals surface area contributed by atoms with Gasteiger partial charge in [-0.3, -0.25) is 0 Å². The van der Waals surface area contributed by atoms with Crippen molar-refractivity contribution in [3.63, 3.8) is 0 Å².